The number of aromatic nitrogens is 2. The summed E-state index contributed by atoms with van der Waals surface area (Å²) in [7, 11) is 0. The Labute approximate surface area is 131 Å². The number of pyridine rings is 2. The largest absolute Gasteiger partial charge is 0.481 e. The quantitative estimate of drug-likeness (QED) is 0.629. The standard InChI is InChI=1S/C18H14N2O3/c21-15-10-11(4-3-7-16(22)23)17-18-13(8-9-19-17)12-5-1-2-6-14(12)20(15)18/h1-2,5-6,8-10H,3-4,7H2,(H,22,23). The highest BCUT2D eigenvalue weighted by atomic mass is 16.4. The van der Waals surface area contributed by atoms with Crippen molar-refractivity contribution < 1.29 is 9.90 Å². The van der Waals surface area contributed by atoms with Gasteiger partial charge in [0.2, 0.25) is 0 Å². The first-order chi connectivity index (χ1) is 11.2. The molecule has 3 aromatic heterocycles. The molecule has 0 radical (unpaired) electrons. The van der Waals surface area contributed by atoms with E-state index >= 15 is 0 Å². The first kappa shape index (κ1) is 13.7. The molecule has 1 N–H and O–H groups in total. The third-order valence-corrected chi connectivity index (χ3v) is 4.24. The molecule has 0 spiro atoms. The number of para-hydroxylation sites is 1. The first-order valence-electron chi connectivity index (χ1n) is 7.52. The van der Waals surface area contributed by atoms with Crippen LogP contribution in [0.5, 0.6) is 0 Å². The molecule has 0 aliphatic heterocycles. The van der Waals surface area contributed by atoms with Crippen LogP contribution >= 0.6 is 0 Å². The summed E-state index contributed by atoms with van der Waals surface area (Å²) in [6.45, 7) is 0. The lowest BCUT2D eigenvalue weighted by molar-refractivity contribution is -0.137. The SMILES string of the molecule is O=C(O)CCCc1cc(=O)n2c3ccccc3c3ccnc1c32. The predicted octanol–water partition coefficient (Wildman–Crippen LogP) is 2.85. The molecule has 0 fully saturated rings. The van der Waals surface area contributed by atoms with E-state index in [2.05, 4.69) is 4.98 Å². The minimum absolute atomic E-state index is 0.0878. The Bertz CT molecular complexity index is 1100. The summed E-state index contributed by atoms with van der Waals surface area (Å²) in [6.07, 6.45) is 2.86. The van der Waals surface area contributed by atoms with E-state index in [1.165, 1.54) is 0 Å². The lowest BCUT2D eigenvalue weighted by Crippen LogP contribution is -2.13. The molecule has 1 aromatic carbocycles. The lowest BCUT2D eigenvalue weighted by atomic mass is 10.1. The molecule has 0 bridgehead atoms. The number of carboxylic acids is 1. The zero-order valence-electron chi connectivity index (χ0n) is 12.3. The Balaban J connectivity index is 2.02. The van der Waals surface area contributed by atoms with Gasteiger partial charge in [-0.2, -0.15) is 0 Å². The second kappa shape index (κ2) is 5.05. The molecule has 4 rings (SSSR count). The molecule has 114 valence electrons. The van der Waals surface area contributed by atoms with Crippen LogP contribution in [0.4, 0.5) is 0 Å². The second-order valence-electron chi connectivity index (χ2n) is 5.66. The van der Waals surface area contributed by atoms with Crippen LogP contribution in [-0.2, 0) is 11.2 Å². The molecule has 0 aliphatic carbocycles. The highest BCUT2D eigenvalue weighted by Crippen LogP contribution is 2.30. The fraction of sp³-hybridized carbons (Fsp3) is 0.167. The van der Waals surface area contributed by atoms with E-state index in [1.54, 1.807) is 16.7 Å². The number of carboxylic acid groups (broad SMARTS) is 1. The summed E-state index contributed by atoms with van der Waals surface area (Å²) < 4.78 is 1.70. The number of fused-ring (bicyclic) bond motifs is 3. The van der Waals surface area contributed by atoms with Crippen molar-refractivity contribution in [2.24, 2.45) is 0 Å². The summed E-state index contributed by atoms with van der Waals surface area (Å²) in [4.78, 5) is 27.8. The summed E-state index contributed by atoms with van der Waals surface area (Å²) in [5.74, 6) is -0.826. The fourth-order valence-electron chi connectivity index (χ4n) is 3.28. The third-order valence-electron chi connectivity index (χ3n) is 4.24. The van der Waals surface area contributed by atoms with Gasteiger partial charge in [0.05, 0.1) is 16.6 Å². The average Bonchev–Trinajstić information content (AvgIpc) is 2.88. The van der Waals surface area contributed by atoms with Gasteiger partial charge in [0, 0.05) is 29.5 Å². The summed E-state index contributed by atoms with van der Waals surface area (Å²) in [5, 5.41) is 10.8. The van der Waals surface area contributed by atoms with E-state index in [1.807, 2.05) is 30.3 Å². The van der Waals surface area contributed by atoms with Gasteiger partial charge in [0.1, 0.15) is 0 Å². The maximum absolute atomic E-state index is 12.6. The maximum Gasteiger partial charge on any atom is 0.303 e. The minimum atomic E-state index is -0.826. The average molecular weight is 306 g/mol. The summed E-state index contributed by atoms with van der Waals surface area (Å²) in [5.41, 5.74) is 3.21. The van der Waals surface area contributed by atoms with Crippen LogP contribution in [0.25, 0.3) is 27.3 Å². The Morgan fingerprint density at radius 3 is 2.83 bits per heavy atom. The van der Waals surface area contributed by atoms with Crippen molar-refractivity contribution in [1.82, 2.24) is 9.38 Å². The molecule has 0 amide bonds. The van der Waals surface area contributed by atoms with Gasteiger partial charge in [-0.3, -0.25) is 19.0 Å². The molecule has 0 saturated heterocycles. The monoisotopic (exact) mass is 306 g/mol. The summed E-state index contributed by atoms with van der Waals surface area (Å²) in [6, 6.07) is 11.3. The van der Waals surface area contributed by atoms with Gasteiger partial charge >= 0.3 is 5.97 Å². The minimum Gasteiger partial charge on any atom is -0.481 e. The first-order valence-corrected chi connectivity index (χ1v) is 7.52. The molecule has 23 heavy (non-hydrogen) atoms. The number of hydrogen-bond acceptors (Lipinski definition) is 3. The summed E-state index contributed by atoms with van der Waals surface area (Å²) >= 11 is 0. The Morgan fingerprint density at radius 1 is 1.17 bits per heavy atom. The van der Waals surface area contributed by atoms with Gasteiger partial charge in [-0.1, -0.05) is 18.2 Å². The van der Waals surface area contributed by atoms with Crippen LogP contribution in [0.2, 0.25) is 0 Å². The Kier molecular flexibility index (Phi) is 3.01. The highest BCUT2D eigenvalue weighted by Gasteiger charge is 2.16. The smallest absolute Gasteiger partial charge is 0.303 e. The predicted molar refractivity (Wildman–Crippen MR) is 88.2 cm³/mol. The third kappa shape index (κ3) is 2.04. The van der Waals surface area contributed by atoms with Crippen molar-refractivity contribution in [3.8, 4) is 0 Å². The lowest BCUT2D eigenvalue weighted by Gasteiger charge is -2.06. The molecule has 5 heteroatoms. The zero-order chi connectivity index (χ0) is 16.0. The van der Waals surface area contributed by atoms with Crippen molar-refractivity contribution in [3.05, 3.63) is 58.5 Å². The molecule has 0 aliphatic rings. The molecule has 3 heterocycles. The van der Waals surface area contributed by atoms with Gasteiger partial charge in [-0.25, -0.2) is 0 Å². The van der Waals surface area contributed by atoms with Gasteiger partial charge in [0.25, 0.3) is 5.56 Å². The van der Waals surface area contributed by atoms with E-state index in [-0.39, 0.29) is 12.0 Å². The molecule has 4 aromatic rings. The second-order valence-corrected chi connectivity index (χ2v) is 5.66. The van der Waals surface area contributed by atoms with Gasteiger partial charge in [-0.15, -0.1) is 0 Å². The Hall–Kier alpha value is -2.95. The van der Waals surface area contributed by atoms with Crippen molar-refractivity contribution >= 4 is 33.3 Å². The molecular weight excluding hydrogens is 292 g/mol. The van der Waals surface area contributed by atoms with Gasteiger partial charge in [-0.05, 0) is 30.5 Å². The van der Waals surface area contributed by atoms with E-state index in [0.29, 0.717) is 12.8 Å². The Morgan fingerprint density at radius 2 is 2.00 bits per heavy atom. The van der Waals surface area contributed by atoms with Crippen molar-refractivity contribution in [2.45, 2.75) is 19.3 Å². The maximum atomic E-state index is 12.6. The number of hydrogen-bond donors (Lipinski definition) is 1. The number of rotatable bonds is 4. The molecule has 0 unspecified atom stereocenters. The van der Waals surface area contributed by atoms with Gasteiger partial charge in [0.15, 0.2) is 0 Å². The van der Waals surface area contributed by atoms with E-state index in [0.717, 1.165) is 32.9 Å². The van der Waals surface area contributed by atoms with E-state index in [9.17, 15) is 9.59 Å². The number of carbonyl (C=O) groups is 1. The fourth-order valence-corrected chi connectivity index (χ4v) is 3.28. The van der Waals surface area contributed by atoms with Crippen LogP contribution < -0.4 is 5.56 Å². The topological polar surface area (TPSA) is 71.7 Å². The zero-order valence-corrected chi connectivity index (χ0v) is 12.3. The number of benzene rings is 1. The van der Waals surface area contributed by atoms with Crippen LogP contribution in [-0.4, -0.2) is 20.5 Å². The normalized spacial score (nSPS) is 11.7. The molecule has 0 atom stereocenters. The van der Waals surface area contributed by atoms with Crippen LogP contribution in [0, 0.1) is 0 Å². The van der Waals surface area contributed by atoms with Crippen molar-refractivity contribution in [3.63, 3.8) is 0 Å². The van der Waals surface area contributed by atoms with Crippen LogP contribution in [0.1, 0.15) is 18.4 Å². The molecule has 0 saturated carbocycles. The van der Waals surface area contributed by atoms with Gasteiger partial charge < -0.3 is 5.11 Å². The number of aliphatic carboxylic acids is 1. The van der Waals surface area contributed by atoms with Crippen molar-refractivity contribution in [2.75, 3.05) is 0 Å². The number of nitrogens with zero attached hydrogens (tertiary/aromatic N) is 2. The molecular formula is C18H14N2O3. The van der Waals surface area contributed by atoms with Crippen LogP contribution in [0.3, 0.4) is 0 Å². The van der Waals surface area contributed by atoms with Crippen molar-refractivity contribution in [1.29, 1.82) is 0 Å². The van der Waals surface area contributed by atoms with E-state index < -0.39 is 5.97 Å². The number of aryl methyl sites for hydroxylation is 1. The molecule has 5 nitrogen and oxygen atoms in total. The van der Waals surface area contributed by atoms with E-state index in [4.69, 9.17) is 5.11 Å². The van der Waals surface area contributed by atoms with Crippen LogP contribution in [0.15, 0.2) is 47.4 Å². The highest BCUT2D eigenvalue weighted by molar-refractivity contribution is 6.13.